The van der Waals surface area contributed by atoms with E-state index < -0.39 is 0 Å². The molecule has 4 heterocycles. The molecular formula is C44H38N2O8. The molecule has 0 aliphatic carbocycles. The lowest BCUT2D eigenvalue weighted by Crippen LogP contribution is -2.14. The second-order valence-electron chi connectivity index (χ2n) is 11.9. The van der Waals surface area contributed by atoms with Gasteiger partial charge < -0.3 is 37.9 Å². The molecule has 0 spiro atoms. The Morgan fingerprint density at radius 2 is 0.833 bits per heavy atom. The Hall–Kier alpha value is -6.46. The van der Waals surface area contributed by atoms with Crippen LogP contribution in [0, 0.1) is 23.7 Å². The maximum absolute atomic E-state index is 6.27. The van der Waals surface area contributed by atoms with Crippen LogP contribution in [0.3, 0.4) is 0 Å². The van der Waals surface area contributed by atoms with Crippen molar-refractivity contribution in [1.82, 2.24) is 9.97 Å². The summed E-state index contributed by atoms with van der Waals surface area (Å²) in [4.78, 5) is 9.51. The summed E-state index contributed by atoms with van der Waals surface area (Å²) in [5.41, 5.74) is 4.37. The molecule has 6 aromatic rings. The Balaban J connectivity index is 1.15. The van der Waals surface area contributed by atoms with Crippen molar-refractivity contribution in [2.24, 2.45) is 0 Å². The van der Waals surface area contributed by atoms with E-state index in [4.69, 9.17) is 47.9 Å². The molecule has 8 rings (SSSR count). The molecule has 2 aromatic heterocycles. The van der Waals surface area contributed by atoms with E-state index in [2.05, 4.69) is 23.7 Å². The van der Waals surface area contributed by atoms with Crippen molar-refractivity contribution in [3.8, 4) is 58.4 Å². The van der Waals surface area contributed by atoms with Gasteiger partial charge in [-0.05, 0) is 60.7 Å². The number of ether oxygens (including phenoxy) is 8. The molecule has 0 unspecified atom stereocenters. The number of nitrogens with zero attached hydrogens (tertiary/aromatic N) is 2. The molecule has 0 N–H and O–H groups in total. The Bertz CT molecular complexity index is 2170. The smallest absolute Gasteiger partial charge is 0.213 e. The average molecular weight is 723 g/mol. The van der Waals surface area contributed by atoms with Gasteiger partial charge in [0.25, 0.3) is 0 Å². The number of pyridine rings is 2. The Kier molecular flexibility index (Phi) is 11.9. The molecule has 0 fully saturated rings. The van der Waals surface area contributed by atoms with Crippen LogP contribution in [0.25, 0.3) is 21.8 Å². The minimum Gasteiger partial charge on any atom is -0.497 e. The number of hydrogen-bond acceptors (Lipinski definition) is 10. The topological polar surface area (TPSA) is 99.6 Å². The maximum atomic E-state index is 6.27. The largest absolute Gasteiger partial charge is 0.497 e. The van der Waals surface area contributed by atoms with Crippen LogP contribution in [-0.4, -0.2) is 77.0 Å². The summed E-state index contributed by atoms with van der Waals surface area (Å²) in [6, 6.07) is 30.4. The summed E-state index contributed by atoms with van der Waals surface area (Å²) in [5.74, 6) is 16.6. The van der Waals surface area contributed by atoms with Gasteiger partial charge in [0.2, 0.25) is 11.8 Å². The van der Waals surface area contributed by atoms with E-state index in [9.17, 15) is 0 Å². The zero-order valence-electron chi connectivity index (χ0n) is 30.1. The monoisotopic (exact) mass is 722 g/mol. The first-order valence-electron chi connectivity index (χ1n) is 17.5. The van der Waals surface area contributed by atoms with Crippen molar-refractivity contribution in [2.75, 3.05) is 67.1 Å². The van der Waals surface area contributed by atoms with Gasteiger partial charge >= 0.3 is 0 Å². The molecule has 2 aliphatic rings. The number of fused-ring (bicyclic) bond motifs is 14. The first-order valence-corrected chi connectivity index (χ1v) is 17.5. The summed E-state index contributed by atoms with van der Waals surface area (Å²) in [7, 11) is 3.26. The van der Waals surface area contributed by atoms with Gasteiger partial charge in [-0.15, -0.1) is 0 Å². The van der Waals surface area contributed by atoms with E-state index >= 15 is 0 Å². The van der Waals surface area contributed by atoms with Gasteiger partial charge in [-0.1, -0.05) is 35.8 Å². The Morgan fingerprint density at radius 1 is 0.444 bits per heavy atom. The number of aromatic nitrogens is 2. The zero-order chi connectivity index (χ0) is 37.0. The lowest BCUT2D eigenvalue weighted by atomic mass is 10.1. The van der Waals surface area contributed by atoms with Crippen molar-refractivity contribution in [1.29, 1.82) is 0 Å². The van der Waals surface area contributed by atoms with Crippen LogP contribution in [0.2, 0.25) is 0 Å². The highest BCUT2D eigenvalue weighted by molar-refractivity contribution is 6.03. The Morgan fingerprint density at radius 3 is 1.24 bits per heavy atom. The van der Waals surface area contributed by atoms with Crippen LogP contribution in [0.5, 0.6) is 34.8 Å². The molecule has 10 nitrogen and oxygen atoms in total. The van der Waals surface area contributed by atoms with Crippen LogP contribution in [0.15, 0.2) is 97.1 Å². The molecule has 0 radical (unpaired) electrons. The highest BCUT2D eigenvalue weighted by atomic mass is 16.6. The summed E-state index contributed by atoms with van der Waals surface area (Å²) >= 11 is 0. The summed E-state index contributed by atoms with van der Waals surface area (Å²) in [6.45, 7) is 2.47. The zero-order valence-corrected chi connectivity index (χ0v) is 30.1. The van der Waals surface area contributed by atoms with E-state index in [1.54, 1.807) is 14.2 Å². The standard InChI is InChI=1S/C44H38N2O8/c1-47-37-15-5-31(6-16-37)3-9-35-29-40-36(10-4-32-7-17-38(48-2)18-8-32)30-39(35)51-25-21-49-23-27-53-41-19-13-33-11-12-34-14-20-42(46-44(34)43(33)45-41)54-28-24-50-22-26-52-40/h5-8,11-20,29-30H,21-28H2,1-2H3. The molecule has 54 heavy (non-hydrogen) atoms. The van der Waals surface area contributed by atoms with Gasteiger partial charge in [-0.3, -0.25) is 0 Å². The minimum atomic E-state index is 0.271. The third kappa shape index (κ3) is 9.30. The molecule has 0 amide bonds. The third-order valence-corrected chi connectivity index (χ3v) is 8.34. The lowest BCUT2D eigenvalue weighted by Gasteiger charge is -2.14. The summed E-state index contributed by atoms with van der Waals surface area (Å²) < 4.78 is 46.8. The number of benzene rings is 4. The number of methoxy groups -OCH3 is 2. The Labute approximate surface area is 313 Å². The van der Waals surface area contributed by atoms with Crippen LogP contribution in [0.4, 0.5) is 0 Å². The molecule has 272 valence electrons. The minimum absolute atomic E-state index is 0.271. The normalized spacial score (nSPS) is 13.7. The first-order chi connectivity index (χ1) is 26.6. The number of rotatable bonds is 2. The highest BCUT2D eigenvalue weighted by Crippen LogP contribution is 2.30. The van der Waals surface area contributed by atoms with Gasteiger partial charge in [0.05, 0.1) is 51.8 Å². The maximum Gasteiger partial charge on any atom is 0.213 e. The molecule has 0 atom stereocenters. The van der Waals surface area contributed by atoms with E-state index in [0.29, 0.717) is 74.0 Å². The van der Waals surface area contributed by atoms with Gasteiger partial charge in [-0.2, -0.15) is 0 Å². The average Bonchev–Trinajstić information content (AvgIpc) is 3.21. The van der Waals surface area contributed by atoms with Crippen LogP contribution in [0.1, 0.15) is 22.3 Å². The molecule has 6 bridgehead atoms. The SMILES string of the molecule is COc1ccc(C#Cc2cc3c(C#Cc4ccc(OC)cc4)cc2OCCOCCOc2ccc4ccc5ccc(nc5c4n2)OCCOCCO3)cc1. The van der Waals surface area contributed by atoms with Gasteiger partial charge in [0, 0.05) is 46.2 Å². The van der Waals surface area contributed by atoms with Crippen molar-refractivity contribution in [3.05, 3.63) is 119 Å². The second-order valence-corrected chi connectivity index (χ2v) is 11.9. The molecule has 0 saturated carbocycles. The fourth-order valence-corrected chi connectivity index (χ4v) is 5.55. The quantitative estimate of drug-likeness (QED) is 0.107. The molecule has 4 aromatic carbocycles. The van der Waals surface area contributed by atoms with Crippen LogP contribution in [-0.2, 0) is 9.47 Å². The van der Waals surface area contributed by atoms with Crippen molar-refractivity contribution >= 4 is 21.8 Å². The van der Waals surface area contributed by atoms with Crippen molar-refractivity contribution < 1.29 is 37.9 Å². The third-order valence-electron chi connectivity index (χ3n) is 8.34. The van der Waals surface area contributed by atoms with Gasteiger partial charge in [0.15, 0.2) is 0 Å². The predicted octanol–water partition coefficient (Wildman–Crippen LogP) is 6.86. The number of hydrogen-bond donors (Lipinski definition) is 0. The molecule has 2 aliphatic heterocycles. The fourth-order valence-electron chi connectivity index (χ4n) is 5.55. The van der Waals surface area contributed by atoms with E-state index in [-0.39, 0.29) is 13.2 Å². The predicted molar refractivity (Wildman–Crippen MR) is 205 cm³/mol. The van der Waals surface area contributed by atoms with Crippen molar-refractivity contribution in [3.63, 3.8) is 0 Å². The molecule has 10 heteroatoms. The molecule has 0 saturated heterocycles. The van der Waals surface area contributed by atoms with Crippen LogP contribution < -0.4 is 28.4 Å². The summed E-state index contributed by atoms with van der Waals surface area (Å²) in [6.07, 6.45) is 0. The van der Waals surface area contributed by atoms with Gasteiger partial charge in [-0.25, -0.2) is 9.97 Å². The van der Waals surface area contributed by atoms with E-state index in [1.165, 1.54) is 0 Å². The van der Waals surface area contributed by atoms with E-state index in [0.717, 1.165) is 44.4 Å². The van der Waals surface area contributed by atoms with Gasteiger partial charge in [0.1, 0.15) is 60.5 Å². The van der Waals surface area contributed by atoms with Crippen LogP contribution >= 0.6 is 0 Å². The highest BCUT2D eigenvalue weighted by Gasteiger charge is 2.12. The van der Waals surface area contributed by atoms with Crippen molar-refractivity contribution in [2.45, 2.75) is 0 Å². The van der Waals surface area contributed by atoms with E-state index in [1.807, 2.05) is 97.1 Å². The fraction of sp³-hybridized carbons (Fsp3) is 0.227. The second kappa shape index (κ2) is 17.8. The molecular weight excluding hydrogens is 684 g/mol. The summed E-state index contributed by atoms with van der Waals surface area (Å²) in [5, 5.41) is 1.90. The first kappa shape index (κ1) is 35.9. The lowest BCUT2D eigenvalue weighted by molar-refractivity contribution is 0.0744.